The van der Waals surface area contributed by atoms with Crippen molar-refractivity contribution in [3.63, 3.8) is 0 Å². The molecule has 1 aliphatic heterocycles. The first-order valence-corrected chi connectivity index (χ1v) is 11.4. The summed E-state index contributed by atoms with van der Waals surface area (Å²) in [6.45, 7) is 8.08. The molecule has 168 valence electrons. The third-order valence-electron chi connectivity index (χ3n) is 5.86. The molecule has 1 fully saturated rings. The lowest BCUT2D eigenvalue weighted by Crippen LogP contribution is -2.45. The zero-order chi connectivity index (χ0) is 22.1. The van der Waals surface area contributed by atoms with E-state index in [0.29, 0.717) is 29.6 Å². The maximum absolute atomic E-state index is 12.8. The second-order valence-electron chi connectivity index (χ2n) is 8.72. The van der Waals surface area contributed by atoms with Crippen LogP contribution in [0.5, 0.6) is 11.5 Å². The third-order valence-corrected chi connectivity index (χ3v) is 5.86. The predicted molar refractivity (Wildman–Crippen MR) is 125 cm³/mol. The number of hydrogen-bond acceptors (Lipinski definition) is 4. The number of hydrogen-bond donors (Lipinski definition) is 1. The first kappa shape index (κ1) is 23.1. The lowest BCUT2D eigenvalue weighted by molar-refractivity contribution is 0.0911. The van der Waals surface area contributed by atoms with Gasteiger partial charge in [-0.2, -0.15) is 0 Å². The van der Waals surface area contributed by atoms with Crippen LogP contribution in [-0.4, -0.2) is 50.2 Å². The molecule has 1 amide bonds. The molecule has 3 rings (SSSR count). The average molecular weight is 425 g/mol. The number of nitrogens with one attached hydrogen (secondary N) is 1. The molecule has 0 aromatic heterocycles. The number of carbonyl (C=O) groups is 1. The highest BCUT2D eigenvalue weighted by Gasteiger charge is 2.21. The van der Waals surface area contributed by atoms with Gasteiger partial charge in [-0.1, -0.05) is 44.2 Å². The maximum Gasteiger partial charge on any atom is 0.251 e. The number of ether oxygens (including phenoxy) is 2. The van der Waals surface area contributed by atoms with Gasteiger partial charge >= 0.3 is 0 Å². The van der Waals surface area contributed by atoms with Gasteiger partial charge in [0.05, 0.1) is 13.7 Å². The molecule has 31 heavy (non-hydrogen) atoms. The summed E-state index contributed by atoms with van der Waals surface area (Å²) in [6.07, 6.45) is 4.01. The summed E-state index contributed by atoms with van der Waals surface area (Å²) < 4.78 is 11.3. The van der Waals surface area contributed by atoms with Crippen molar-refractivity contribution in [2.24, 2.45) is 5.92 Å². The maximum atomic E-state index is 12.8. The minimum Gasteiger partial charge on any atom is -0.493 e. The molecule has 1 heterocycles. The van der Waals surface area contributed by atoms with Crippen LogP contribution in [0.1, 0.15) is 49.0 Å². The molecule has 2 aromatic rings. The van der Waals surface area contributed by atoms with Crippen LogP contribution in [0, 0.1) is 5.92 Å². The van der Waals surface area contributed by atoms with Gasteiger partial charge in [-0.25, -0.2) is 0 Å². The van der Waals surface area contributed by atoms with E-state index in [4.69, 9.17) is 9.47 Å². The summed E-state index contributed by atoms with van der Waals surface area (Å²) in [4.78, 5) is 15.3. The Morgan fingerprint density at radius 1 is 1.10 bits per heavy atom. The fraction of sp³-hybridized carbons (Fsp3) is 0.500. The lowest BCUT2D eigenvalue weighted by Gasteiger charge is -2.32. The van der Waals surface area contributed by atoms with Crippen molar-refractivity contribution in [1.29, 1.82) is 0 Å². The minimum absolute atomic E-state index is 0.0465. The molecule has 0 radical (unpaired) electrons. The van der Waals surface area contributed by atoms with Crippen molar-refractivity contribution in [2.45, 2.75) is 45.6 Å². The van der Waals surface area contributed by atoms with Crippen molar-refractivity contribution in [3.05, 3.63) is 59.7 Å². The van der Waals surface area contributed by atoms with Crippen LogP contribution in [0.4, 0.5) is 0 Å². The largest absolute Gasteiger partial charge is 0.493 e. The monoisotopic (exact) mass is 424 g/mol. The molecule has 5 heteroatoms. The topological polar surface area (TPSA) is 50.8 Å². The van der Waals surface area contributed by atoms with Crippen molar-refractivity contribution in [2.75, 3.05) is 33.4 Å². The quantitative estimate of drug-likeness (QED) is 0.608. The Hall–Kier alpha value is -2.53. The van der Waals surface area contributed by atoms with E-state index < -0.39 is 0 Å². The van der Waals surface area contributed by atoms with Crippen LogP contribution in [0.25, 0.3) is 0 Å². The lowest BCUT2D eigenvalue weighted by atomic mass is 10.0. The Bertz CT molecular complexity index is 815. The molecule has 1 aliphatic rings. The summed E-state index contributed by atoms with van der Waals surface area (Å²) in [5, 5.41) is 3.20. The van der Waals surface area contributed by atoms with Crippen LogP contribution in [0.15, 0.2) is 48.5 Å². The van der Waals surface area contributed by atoms with Gasteiger partial charge < -0.3 is 19.7 Å². The van der Waals surface area contributed by atoms with E-state index in [1.807, 2.05) is 12.1 Å². The molecule has 1 N–H and O–H groups in total. The minimum atomic E-state index is -0.0465. The van der Waals surface area contributed by atoms with E-state index >= 15 is 0 Å². The second-order valence-corrected chi connectivity index (χ2v) is 8.72. The van der Waals surface area contributed by atoms with Crippen LogP contribution >= 0.6 is 0 Å². The summed E-state index contributed by atoms with van der Waals surface area (Å²) in [6, 6.07) is 16.2. The fourth-order valence-electron chi connectivity index (χ4n) is 3.83. The molecule has 0 aliphatic carbocycles. The fourth-order valence-corrected chi connectivity index (χ4v) is 3.83. The average Bonchev–Trinajstić information content (AvgIpc) is 2.79. The van der Waals surface area contributed by atoms with E-state index in [1.54, 1.807) is 13.2 Å². The van der Waals surface area contributed by atoms with Gasteiger partial charge in [0.15, 0.2) is 11.5 Å². The Morgan fingerprint density at radius 2 is 1.84 bits per heavy atom. The molecule has 0 spiro atoms. The van der Waals surface area contributed by atoms with Gasteiger partial charge in [-0.15, -0.1) is 0 Å². The van der Waals surface area contributed by atoms with Gasteiger partial charge in [0.2, 0.25) is 0 Å². The summed E-state index contributed by atoms with van der Waals surface area (Å²) in [5.41, 5.74) is 1.99. The van der Waals surface area contributed by atoms with Gasteiger partial charge in [0.1, 0.15) is 0 Å². The third kappa shape index (κ3) is 7.28. The SMILES string of the molecule is COc1cc(C(=O)NC2CCN(CCc3ccccc3)CC2)ccc1OCCC(C)C. The molecule has 0 atom stereocenters. The Balaban J connectivity index is 1.45. The van der Waals surface area contributed by atoms with E-state index in [2.05, 4.69) is 54.4 Å². The van der Waals surface area contributed by atoms with Crippen LogP contribution in [0.2, 0.25) is 0 Å². The van der Waals surface area contributed by atoms with Crippen molar-refractivity contribution in [1.82, 2.24) is 10.2 Å². The van der Waals surface area contributed by atoms with Crippen LogP contribution < -0.4 is 14.8 Å². The Kier molecular flexibility index (Phi) is 8.77. The number of amides is 1. The number of carbonyl (C=O) groups excluding carboxylic acids is 1. The first-order valence-electron chi connectivity index (χ1n) is 11.4. The van der Waals surface area contributed by atoms with Crippen LogP contribution in [-0.2, 0) is 6.42 Å². The number of benzene rings is 2. The summed E-state index contributed by atoms with van der Waals surface area (Å²) in [5.74, 6) is 1.83. The van der Waals surface area contributed by atoms with E-state index in [0.717, 1.165) is 45.3 Å². The number of rotatable bonds is 10. The van der Waals surface area contributed by atoms with E-state index in [1.165, 1.54) is 5.56 Å². The number of methoxy groups -OCH3 is 1. The Morgan fingerprint density at radius 3 is 2.52 bits per heavy atom. The van der Waals surface area contributed by atoms with Crippen molar-refractivity contribution >= 4 is 5.91 Å². The summed E-state index contributed by atoms with van der Waals surface area (Å²) >= 11 is 0. The predicted octanol–water partition coefficient (Wildman–Crippen LogP) is 4.56. The zero-order valence-electron chi connectivity index (χ0n) is 19.1. The highest BCUT2D eigenvalue weighted by Crippen LogP contribution is 2.28. The molecule has 2 aromatic carbocycles. The first-order chi connectivity index (χ1) is 15.0. The highest BCUT2D eigenvalue weighted by molar-refractivity contribution is 5.95. The second kappa shape index (κ2) is 11.8. The number of likely N-dealkylation sites (tertiary alicyclic amines) is 1. The highest BCUT2D eigenvalue weighted by atomic mass is 16.5. The van der Waals surface area contributed by atoms with E-state index in [-0.39, 0.29) is 11.9 Å². The molecule has 0 bridgehead atoms. The van der Waals surface area contributed by atoms with Gasteiger partial charge in [0.25, 0.3) is 5.91 Å². The standard InChI is InChI=1S/C26H36N2O3/c1-20(2)14-18-31-24-10-9-22(19-25(24)30-3)26(29)27-23-12-16-28(17-13-23)15-11-21-7-5-4-6-8-21/h4-10,19-20,23H,11-18H2,1-3H3,(H,27,29). The Labute approximate surface area is 186 Å². The van der Waals surface area contributed by atoms with Gasteiger partial charge in [-0.05, 0) is 55.4 Å². The van der Waals surface area contributed by atoms with E-state index in [9.17, 15) is 4.79 Å². The molecule has 0 saturated carbocycles. The van der Waals surface area contributed by atoms with Crippen LogP contribution in [0.3, 0.4) is 0 Å². The molecule has 5 nitrogen and oxygen atoms in total. The molecule has 0 unspecified atom stereocenters. The molecular weight excluding hydrogens is 388 g/mol. The molecular formula is C26H36N2O3. The summed E-state index contributed by atoms with van der Waals surface area (Å²) in [7, 11) is 1.61. The van der Waals surface area contributed by atoms with Gasteiger partial charge in [0, 0.05) is 31.2 Å². The zero-order valence-corrected chi connectivity index (χ0v) is 19.1. The molecule has 1 saturated heterocycles. The van der Waals surface area contributed by atoms with Crippen molar-refractivity contribution < 1.29 is 14.3 Å². The number of nitrogens with zero attached hydrogens (tertiary/aromatic N) is 1. The number of piperidine rings is 1. The van der Waals surface area contributed by atoms with Crippen molar-refractivity contribution in [3.8, 4) is 11.5 Å². The smallest absolute Gasteiger partial charge is 0.251 e. The normalized spacial score (nSPS) is 15.1. The van der Waals surface area contributed by atoms with Gasteiger partial charge in [-0.3, -0.25) is 4.79 Å².